The summed E-state index contributed by atoms with van der Waals surface area (Å²) in [5.74, 6) is 0.626. The highest BCUT2D eigenvalue weighted by molar-refractivity contribution is 5.42. The van der Waals surface area contributed by atoms with Gasteiger partial charge in [0.05, 0.1) is 6.10 Å². The van der Waals surface area contributed by atoms with Crippen LogP contribution in [0.3, 0.4) is 0 Å². The molecule has 15 heavy (non-hydrogen) atoms. The zero-order valence-electron chi connectivity index (χ0n) is 9.71. The summed E-state index contributed by atoms with van der Waals surface area (Å²) in [4.78, 5) is 0. The standard InChI is InChI=1S/C14H18O/c1-9(2)10-4-6-12-11(8-10)5-7-13-14(12,3)15-13/h4,6,8-9,13H,5,7H2,1-3H3. The Morgan fingerprint density at radius 1 is 1.40 bits per heavy atom. The molecule has 0 bridgehead atoms. The van der Waals surface area contributed by atoms with Crippen molar-refractivity contribution in [3.05, 3.63) is 34.9 Å². The first-order valence-electron chi connectivity index (χ1n) is 5.92. The fourth-order valence-electron chi connectivity index (χ4n) is 2.78. The van der Waals surface area contributed by atoms with Gasteiger partial charge in [0, 0.05) is 0 Å². The predicted molar refractivity (Wildman–Crippen MR) is 61.1 cm³/mol. The average Bonchev–Trinajstić information content (AvgIpc) is 2.89. The molecule has 0 amide bonds. The number of aryl methyl sites for hydroxylation is 1. The highest BCUT2D eigenvalue weighted by Gasteiger charge is 2.56. The quantitative estimate of drug-likeness (QED) is 0.636. The lowest BCUT2D eigenvalue weighted by Crippen LogP contribution is -2.17. The van der Waals surface area contributed by atoms with Gasteiger partial charge in [-0.1, -0.05) is 32.0 Å². The molecule has 1 heterocycles. The van der Waals surface area contributed by atoms with E-state index in [0.29, 0.717) is 12.0 Å². The van der Waals surface area contributed by atoms with Crippen LogP contribution >= 0.6 is 0 Å². The summed E-state index contributed by atoms with van der Waals surface area (Å²) in [5, 5.41) is 0. The molecule has 1 saturated heterocycles. The number of hydrogen-bond acceptors (Lipinski definition) is 1. The molecule has 2 atom stereocenters. The second-order valence-electron chi connectivity index (χ2n) is 5.32. The van der Waals surface area contributed by atoms with E-state index in [9.17, 15) is 0 Å². The van der Waals surface area contributed by atoms with Crippen LogP contribution in [-0.4, -0.2) is 6.10 Å². The Balaban J connectivity index is 2.06. The van der Waals surface area contributed by atoms with Crippen molar-refractivity contribution >= 4 is 0 Å². The Hall–Kier alpha value is -0.820. The third-order valence-electron chi connectivity index (χ3n) is 3.95. The van der Waals surface area contributed by atoms with Crippen molar-refractivity contribution < 1.29 is 4.74 Å². The maximum absolute atomic E-state index is 5.79. The SMILES string of the molecule is CC(C)c1ccc2c(c1)CCC1OC21C. The summed E-state index contributed by atoms with van der Waals surface area (Å²) in [6, 6.07) is 6.92. The zero-order valence-corrected chi connectivity index (χ0v) is 9.71. The summed E-state index contributed by atoms with van der Waals surface area (Å²) >= 11 is 0. The van der Waals surface area contributed by atoms with E-state index in [1.54, 1.807) is 0 Å². The third-order valence-corrected chi connectivity index (χ3v) is 3.95. The second-order valence-corrected chi connectivity index (χ2v) is 5.32. The first kappa shape index (κ1) is 9.41. The Bertz CT molecular complexity index is 408. The van der Waals surface area contributed by atoms with Crippen LogP contribution in [0.15, 0.2) is 18.2 Å². The van der Waals surface area contributed by atoms with E-state index in [0.717, 1.165) is 0 Å². The molecule has 0 N–H and O–H groups in total. The maximum Gasteiger partial charge on any atom is 0.117 e. The van der Waals surface area contributed by atoms with Crippen LogP contribution in [0.2, 0.25) is 0 Å². The summed E-state index contributed by atoms with van der Waals surface area (Å²) < 4.78 is 5.79. The molecule has 0 aromatic heterocycles. The Labute approximate surface area is 91.5 Å². The fraction of sp³-hybridized carbons (Fsp3) is 0.571. The molecule has 1 aliphatic carbocycles. The van der Waals surface area contributed by atoms with Crippen molar-refractivity contribution in [2.24, 2.45) is 0 Å². The first-order chi connectivity index (χ1) is 7.11. The fourth-order valence-corrected chi connectivity index (χ4v) is 2.78. The number of fused-ring (bicyclic) bond motifs is 3. The highest BCUT2D eigenvalue weighted by atomic mass is 16.6. The maximum atomic E-state index is 5.79. The molecular weight excluding hydrogens is 184 g/mol. The molecule has 0 radical (unpaired) electrons. The van der Waals surface area contributed by atoms with Gasteiger partial charge in [0.2, 0.25) is 0 Å². The van der Waals surface area contributed by atoms with Gasteiger partial charge < -0.3 is 4.74 Å². The number of ether oxygens (including phenoxy) is 1. The van der Waals surface area contributed by atoms with Crippen molar-refractivity contribution in [2.45, 2.75) is 51.2 Å². The van der Waals surface area contributed by atoms with Gasteiger partial charge in [0.1, 0.15) is 5.60 Å². The molecule has 0 spiro atoms. The predicted octanol–water partition coefficient (Wildman–Crippen LogP) is 3.37. The van der Waals surface area contributed by atoms with E-state index >= 15 is 0 Å². The molecule has 2 unspecified atom stereocenters. The molecule has 1 aromatic rings. The topological polar surface area (TPSA) is 12.5 Å². The Morgan fingerprint density at radius 3 is 2.93 bits per heavy atom. The van der Waals surface area contributed by atoms with Gasteiger partial charge >= 0.3 is 0 Å². The zero-order chi connectivity index (χ0) is 10.6. The second kappa shape index (κ2) is 2.85. The van der Waals surface area contributed by atoms with E-state index in [2.05, 4.69) is 39.0 Å². The highest BCUT2D eigenvalue weighted by Crippen LogP contribution is 2.52. The van der Waals surface area contributed by atoms with E-state index in [1.165, 1.54) is 29.5 Å². The van der Waals surface area contributed by atoms with Gasteiger partial charge in [-0.15, -0.1) is 0 Å². The molecular formula is C14H18O. The molecule has 3 rings (SSSR count). The molecule has 2 aliphatic rings. The lowest BCUT2D eigenvalue weighted by Gasteiger charge is -2.20. The van der Waals surface area contributed by atoms with E-state index in [-0.39, 0.29) is 5.60 Å². The van der Waals surface area contributed by atoms with Crippen molar-refractivity contribution in [3.8, 4) is 0 Å². The molecule has 80 valence electrons. The lowest BCUT2D eigenvalue weighted by atomic mass is 9.82. The molecule has 1 heteroatoms. The summed E-state index contributed by atoms with van der Waals surface area (Å²) in [5.41, 5.74) is 4.46. The van der Waals surface area contributed by atoms with Crippen molar-refractivity contribution in [1.82, 2.24) is 0 Å². The van der Waals surface area contributed by atoms with Gasteiger partial charge in [0.15, 0.2) is 0 Å². The van der Waals surface area contributed by atoms with Crippen LogP contribution < -0.4 is 0 Å². The summed E-state index contributed by atoms with van der Waals surface area (Å²) in [6.45, 7) is 6.73. The Kier molecular flexibility index (Phi) is 1.79. The number of benzene rings is 1. The van der Waals surface area contributed by atoms with Gasteiger partial charge in [-0.05, 0) is 42.4 Å². The minimum atomic E-state index is 0.0586. The number of rotatable bonds is 1. The monoisotopic (exact) mass is 202 g/mol. The van der Waals surface area contributed by atoms with Crippen molar-refractivity contribution in [3.63, 3.8) is 0 Å². The smallest absolute Gasteiger partial charge is 0.117 e. The van der Waals surface area contributed by atoms with Crippen molar-refractivity contribution in [1.29, 1.82) is 0 Å². The average molecular weight is 202 g/mol. The van der Waals surface area contributed by atoms with E-state index in [1.807, 2.05) is 0 Å². The van der Waals surface area contributed by atoms with E-state index in [4.69, 9.17) is 4.74 Å². The van der Waals surface area contributed by atoms with Gasteiger partial charge in [-0.25, -0.2) is 0 Å². The summed E-state index contributed by atoms with van der Waals surface area (Å²) in [7, 11) is 0. The largest absolute Gasteiger partial charge is 0.361 e. The minimum Gasteiger partial charge on any atom is -0.361 e. The molecule has 1 fully saturated rings. The molecule has 1 aromatic carbocycles. The van der Waals surface area contributed by atoms with Crippen molar-refractivity contribution in [2.75, 3.05) is 0 Å². The third kappa shape index (κ3) is 1.26. The molecule has 1 aliphatic heterocycles. The number of hydrogen-bond donors (Lipinski definition) is 0. The lowest BCUT2D eigenvalue weighted by molar-refractivity contribution is 0.314. The molecule has 1 nitrogen and oxygen atoms in total. The van der Waals surface area contributed by atoms with Crippen LogP contribution in [-0.2, 0) is 16.8 Å². The van der Waals surface area contributed by atoms with Crippen LogP contribution in [0.1, 0.15) is 49.8 Å². The number of epoxide rings is 1. The van der Waals surface area contributed by atoms with Crippen LogP contribution in [0.25, 0.3) is 0 Å². The van der Waals surface area contributed by atoms with Gasteiger partial charge in [0.25, 0.3) is 0 Å². The van der Waals surface area contributed by atoms with Crippen LogP contribution in [0.4, 0.5) is 0 Å². The minimum absolute atomic E-state index is 0.0586. The van der Waals surface area contributed by atoms with Crippen LogP contribution in [0.5, 0.6) is 0 Å². The first-order valence-corrected chi connectivity index (χ1v) is 5.92. The Morgan fingerprint density at radius 2 is 2.20 bits per heavy atom. The normalized spacial score (nSPS) is 32.4. The van der Waals surface area contributed by atoms with Crippen LogP contribution in [0, 0.1) is 0 Å². The summed E-state index contributed by atoms with van der Waals surface area (Å²) in [6.07, 6.45) is 2.89. The van der Waals surface area contributed by atoms with Gasteiger partial charge in [-0.2, -0.15) is 0 Å². The van der Waals surface area contributed by atoms with E-state index < -0.39 is 0 Å². The van der Waals surface area contributed by atoms with Gasteiger partial charge in [-0.3, -0.25) is 0 Å². The molecule has 0 saturated carbocycles.